The summed E-state index contributed by atoms with van der Waals surface area (Å²) in [5.74, 6) is -7.14. The van der Waals surface area contributed by atoms with Crippen LogP contribution in [0.3, 0.4) is 0 Å². The summed E-state index contributed by atoms with van der Waals surface area (Å²) in [4.78, 5) is 21.2. The van der Waals surface area contributed by atoms with Gasteiger partial charge in [-0.1, -0.05) is 0 Å². The Kier molecular flexibility index (Phi) is 5.10. The largest absolute Gasteiger partial charge is 0.506 e. The summed E-state index contributed by atoms with van der Waals surface area (Å²) in [5, 5.41) is 4.61. The minimum absolute atomic E-state index is 0.129. The first-order valence-electron chi connectivity index (χ1n) is 5.45. The second kappa shape index (κ2) is 6.15. The molecule has 0 fully saturated rings. The van der Waals surface area contributed by atoms with Crippen molar-refractivity contribution in [2.75, 3.05) is 7.11 Å². The Morgan fingerprint density at radius 1 is 1.36 bits per heavy atom. The summed E-state index contributed by atoms with van der Waals surface area (Å²) in [6.45, 7) is 1.22. The molecule has 0 saturated carbocycles. The van der Waals surface area contributed by atoms with Crippen LogP contribution in [0, 0.1) is 12.8 Å². The van der Waals surface area contributed by atoms with E-state index in [0.717, 1.165) is 6.07 Å². The minimum atomic E-state index is -5.62. The van der Waals surface area contributed by atoms with Gasteiger partial charge in [0.1, 0.15) is 16.4 Å². The van der Waals surface area contributed by atoms with Gasteiger partial charge < -0.3 is 14.3 Å². The zero-order valence-electron chi connectivity index (χ0n) is 11.0. The topological polar surface area (TPSA) is 76.7 Å². The van der Waals surface area contributed by atoms with Crippen LogP contribution in [0.5, 0.6) is 5.75 Å². The van der Waals surface area contributed by atoms with Gasteiger partial charge in [0.15, 0.2) is 0 Å². The van der Waals surface area contributed by atoms with E-state index in [1.807, 2.05) is 0 Å². The zero-order valence-corrected chi connectivity index (χ0v) is 11.8. The molecule has 1 aromatic heterocycles. The lowest BCUT2D eigenvalue weighted by molar-refractivity contribution is -0.224. The lowest BCUT2D eigenvalue weighted by Gasteiger charge is -2.25. The third kappa shape index (κ3) is 3.90. The highest BCUT2D eigenvalue weighted by Gasteiger charge is 2.62. The molecule has 5 nitrogen and oxygen atoms in total. The number of methoxy groups -OCH3 is 1. The summed E-state index contributed by atoms with van der Waals surface area (Å²) in [6, 6.07) is 0.778. The number of esters is 1. The van der Waals surface area contributed by atoms with E-state index in [2.05, 4.69) is 9.15 Å². The van der Waals surface area contributed by atoms with Crippen molar-refractivity contribution in [1.82, 2.24) is 0 Å². The number of thioether (sulfide) groups is 1. The van der Waals surface area contributed by atoms with Crippen LogP contribution in [-0.2, 0) is 9.53 Å². The summed E-state index contributed by atoms with van der Waals surface area (Å²) in [5.41, 5.74) is -1.45. The maximum absolute atomic E-state index is 13.8. The van der Waals surface area contributed by atoms with Gasteiger partial charge in [0, 0.05) is 6.07 Å². The van der Waals surface area contributed by atoms with Crippen molar-refractivity contribution in [2.45, 2.75) is 23.3 Å². The predicted octanol–water partition coefficient (Wildman–Crippen LogP) is 2.69. The molecule has 1 N–H and O–H groups in total. The number of aryl methyl sites for hydroxylation is 1. The molecule has 1 atom stereocenters. The SMILES string of the molecule is COC(=O)C(C(F)(F)F)C(F)(F)Sc1c(O)cc(C)oc1=O. The first-order valence-corrected chi connectivity index (χ1v) is 6.27. The standard InChI is InChI=1S/C11H9F5O5S/c1-4-3-5(17)6(8(18)21-4)22-11(15,16)7(9(19)20-2)10(12,13)14/h3,7,17H,1-2H3. The first-order chi connectivity index (χ1) is 9.90. The first kappa shape index (κ1) is 18.3. The van der Waals surface area contributed by atoms with Crippen LogP contribution < -0.4 is 5.63 Å². The Hall–Kier alpha value is -1.78. The van der Waals surface area contributed by atoms with Gasteiger partial charge in [-0.15, -0.1) is 0 Å². The number of alkyl halides is 5. The Balaban J connectivity index is 3.29. The molecule has 1 unspecified atom stereocenters. The van der Waals surface area contributed by atoms with E-state index in [0.29, 0.717) is 7.11 Å². The third-order valence-corrected chi connectivity index (χ3v) is 3.44. The van der Waals surface area contributed by atoms with Crippen molar-refractivity contribution in [3.63, 3.8) is 0 Å². The fraction of sp³-hybridized carbons (Fsp3) is 0.455. The summed E-state index contributed by atoms with van der Waals surface area (Å²) in [7, 11) is 0.513. The van der Waals surface area contributed by atoms with Crippen LogP contribution in [0.15, 0.2) is 20.2 Å². The normalized spacial score (nSPS) is 13.8. The molecular formula is C11H9F5O5S. The Bertz CT molecular complexity index is 624. The maximum Gasteiger partial charge on any atom is 0.409 e. The van der Waals surface area contributed by atoms with Crippen LogP contribution >= 0.6 is 11.8 Å². The molecule has 0 saturated heterocycles. The van der Waals surface area contributed by atoms with Gasteiger partial charge in [-0.25, -0.2) is 4.79 Å². The summed E-state index contributed by atoms with van der Waals surface area (Å²) in [6.07, 6.45) is -5.62. The highest BCUT2D eigenvalue weighted by Crippen LogP contribution is 2.49. The van der Waals surface area contributed by atoms with Gasteiger partial charge in [-0.3, -0.25) is 4.79 Å². The Labute approximate surface area is 124 Å². The molecule has 1 rings (SSSR count). The van der Waals surface area contributed by atoms with Crippen LogP contribution in [0.2, 0.25) is 0 Å². The van der Waals surface area contributed by atoms with Crippen molar-refractivity contribution in [3.8, 4) is 5.75 Å². The third-order valence-electron chi connectivity index (χ3n) is 2.35. The lowest BCUT2D eigenvalue weighted by atomic mass is 10.1. The van der Waals surface area contributed by atoms with E-state index in [4.69, 9.17) is 0 Å². The molecule has 0 amide bonds. The molecule has 1 heterocycles. The van der Waals surface area contributed by atoms with Crippen molar-refractivity contribution in [2.24, 2.45) is 5.92 Å². The molecular weight excluding hydrogens is 339 g/mol. The number of halogens is 5. The average Bonchev–Trinajstić information content (AvgIpc) is 2.31. The molecule has 11 heteroatoms. The van der Waals surface area contributed by atoms with Crippen LogP contribution in [0.4, 0.5) is 22.0 Å². The maximum atomic E-state index is 13.8. The lowest BCUT2D eigenvalue weighted by Crippen LogP contribution is -2.43. The second-order valence-corrected chi connectivity index (χ2v) is 5.18. The van der Waals surface area contributed by atoms with Crippen molar-refractivity contribution < 1.29 is 41.0 Å². The fourth-order valence-corrected chi connectivity index (χ4v) is 2.36. The number of ether oxygens (including phenoxy) is 1. The number of carbonyl (C=O) groups is 1. The van der Waals surface area contributed by atoms with Gasteiger partial charge >= 0.3 is 23.0 Å². The zero-order chi connectivity index (χ0) is 17.3. The molecule has 0 bridgehead atoms. The van der Waals surface area contributed by atoms with Crippen molar-refractivity contribution in [3.05, 3.63) is 22.2 Å². The smallest absolute Gasteiger partial charge is 0.409 e. The van der Waals surface area contributed by atoms with Crippen LogP contribution in [0.25, 0.3) is 0 Å². The summed E-state index contributed by atoms with van der Waals surface area (Å²) >= 11 is -0.924. The molecule has 124 valence electrons. The van der Waals surface area contributed by atoms with Crippen molar-refractivity contribution >= 4 is 17.7 Å². The number of rotatable bonds is 4. The molecule has 22 heavy (non-hydrogen) atoms. The van der Waals surface area contributed by atoms with E-state index >= 15 is 0 Å². The summed E-state index contributed by atoms with van der Waals surface area (Å²) < 4.78 is 73.8. The minimum Gasteiger partial charge on any atom is -0.506 e. The predicted molar refractivity (Wildman–Crippen MR) is 63.7 cm³/mol. The van der Waals surface area contributed by atoms with E-state index < -0.39 is 51.4 Å². The molecule has 0 aliphatic rings. The Morgan fingerprint density at radius 3 is 2.32 bits per heavy atom. The van der Waals surface area contributed by atoms with Gasteiger partial charge in [0.2, 0.25) is 5.92 Å². The highest BCUT2D eigenvalue weighted by molar-refractivity contribution is 8.00. The molecule has 1 aromatic rings. The van der Waals surface area contributed by atoms with Gasteiger partial charge in [0.25, 0.3) is 0 Å². The van der Waals surface area contributed by atoms with E-state index in [9.17, 15) is 36.6 Å². The van der Waals surface area contributed by atoms with Gasteiger partial charge in [-0.05, 0) is 18.7 Å². The van der Waals surface area contributed by atoms with Crippen molar-refractivity contribution in [1.29, 1.82) is 0 Å². The highest BCUT2D eigenvalue weighted by atomic mass is 32.2. The van der Waals surface area contributed by atoms with Crippen LogP contribution in [-0.4, -0.2) is 29.6 Å². The molecule has 0 aliphatic heterocycles. The van der Waals surface area contributed by atoms with E-state index in [1.165, 1.54) is 6.92 Å². The van der Waals surface area contributed by atoms with Gasteiger partial charge in [0.05, 0.1) is 7.11 Å². The molecule has 0 aliphatic carbocycles. The molecule has 0 radical (unpaired) electrons. The van der Waals surface area contributed by atoms with E-state index in [1.54, 1.807) is 0 Å². The average molecular weight is 348 g/mol. The second-order valence-electron chi connectivity index (χ2n) is 4.02. The number of aromatic hydroxyl groups is 1. The molecule has 0 spiro atoms. The van der Waals surface area contributed by atoms with Crippen LogP contribution in [0.1, 0.15) is 5.76 Å². The quantitative estimate of drug-likeness (QED) is 0.512. The number of carbonyl (C=O) groups excluding carboxylic acids is 1. The van der Waals surface area contributed by atoms with Gasteiger partial charge in [-0.2, -0.15) is 22.0 Å². The van der Waals surface area contributed by atoms with E-state index in [-0.39, 0.29) is 5.76 Å². The monoisotopic (exact) mass is 348 g/mol. The number of hydrogen-bond acceptors (Lipinski definition) is 6. The molecule has 0 aromatic carbocycles. The fourth-order valence-electron chi connectivity index (χ4n) is 1.45. The number of hydrogen-bond donors (Lipinski definition) is 1. The Morgan fingerprint density at radius 2 is 1.91 bits per heavy atom.